The largest absolute Gasteiger partial charge is 0.338 e. The second-order valence-corrected chi connectivity index (χ2v) is 3.57. The van der Waals surface area contributed by atoms with Crippen LogP contribution in [0.2, 0.25) is 0 Å². The van der Waals surface area contributed by atoms with E-state index in [4.69, 9.17) is 9.47 Å². The highest BCUT2D eigenvalue weighted by molar-refractivity contribution is 5.94. The maximum absolute atomic E-state index is 11.8. The van der Waals surface area contributed by atoms with Gasteiger partial charge in [-0.1, -0.05) is 24.3 Å². The number of ketones is 1. The van der Waals surface area contributed by atoms with Crippen molar-refractivity contribution in [2.75, 3.05) is 13.2 Å². The third-order valence-corrected chi connectivity index (χ3v) is 2.78. The number of rotatable bonds is 0. The number of hydrogen-bond donors (Lipinski definition) is 0. The van der Waals surface area contributed by atoms with Gasteiger partial charge in [-0.3, -0.25) is 4.79 Å². The molecule has 14 heavy (non-hydrogen) atoms. The van der Waals surface area contributed by atoms with Crippen molar-refractivity contribution >= 4 is 5.78 Å². The van der Waals surface area contributed by atoms with Crippen molar-refractivity contribution in [3.63, 3.8) is 0 Å². The molecular formula is C11H10O3. The number of hydrogen-bond acceptors (Lipinski definition) is 3. The number of carbonyl (C=O) groups excluding carboxylic acids is 1. The van der Waals surface area contributed by atoms with E-state index in [9.17, 15) is 4.79 Å². The van der Waals surface area contributed by atoms with Crippen LogP contribution < -0.4 is 0 Å². The Morgan fingerprint density at radius 2 is 1.86 bits per heavy atom. The van der Waals surface area contributed by atoms with Crippen molar-refractivity contribution in [1.82, 2.24) is 0 Å². The summed E-state index contributed by atoms with van der Waals surface area (Å²) in [6.07, 6.45) is 0.427. The standard InChI is InChI=1S/C11H10O3/c12-10-7-8-3-1-2-4-9(8)11(10)13-5-6-14-11/h1-4H,5-7H2. The number of ether oxygens (including phenoxy) is 2. The summed E-state index contributed by atoms with van der Waals surface area (Å²) < 4.78 is 10.9. The Balaban J connectivity index is 2.18. The molecule has 0 amide bonds. The first-order chi connectivity index (χ1) is 6.83. The molecule has 2 aliphatic rings. The fourth-order valence-electron chi connectivity index (χ4n) is 2.16. The highest BCUT2D eigenvalue weighted by Gasteiger charge is 2.51. The lowest BCUT2D eigenvalue weighted by Gasteiger charge is -2.20. The second-order valence-electron chi connectivity index (χ2n) is 3.57. The first kappa shape index (κ1) is 8.15. The SMILES string of the molecule is O=C1Cc2ccccc2C12OCCO2. The van der Waals surface area contributed by atoms with E-state index in [1.54, 1.807) is 0 Å². The first-order valence-electron chi connectivity index (χ1n) is 4.72. The molecule has 0 saturated carbocycles. The Morgan fingerprint density at radius 3 is 2.64 bits per heavy atom. The molecule has 1 aliphatic carbocycles. The van der Waals surface area contributed by atoms with Gasteiger partial charge in [0, 0.05) is 12.0 Å². The van der Waals surface area contributed by atoms with E-state index in [0.717, 1.165) is 11.1 Å². The van der Waals surface area contributed by atoms with Crippen molar-refractivity contribution in [1.29, 1.82) is 0 Å². The van der Waals surface area contributed by atoms with Crippen LogP contribution in [0.15, 0.2) is 24.3 Å². The molecule has 1 fully saturated rings. The molecule has 1 aromatic carbocycles. The van der Waals surface area contributed by atoms with Gasteiger partial charge >= 0.3 is 0 Å². The fourth-order valence-corrected chi connectivity index (χ4v) is 2.16. The van der Waals surface area contributed by atoms with Crippen LogP contribution in [-0.4, -0.2) is 19.0 Å². The quantitative estimate of drug-likeness (QED) is 0.612. The third-order valence-electron chi connectivity index (χ3n) is 2.78. The minimum absolute atomic E-state index is 0.0243. The van der Waals surface area contributed by atoms with Crippen molar-refractivity contribution in [3.05, 3.63) is 35.4 Å². The van der Waals surface area contributed by atoms with Crippen LogP contribution in [0.4, 0.5) is 0 Å². The van der Waals surface area contributed by atoms with E-state index in [0.29, 0.717) is 19.6 Å². The number of benzene rings is 1. The van der Waals surface area contributed by atoms with Crippen LogP contribution in [0.1, 0.15) is 11.1 Å². The number of Topliss-reactive ketones (excluding diaryl/α,β-unsaturated/α-hetero) is 1. The van der Waals surface area contributed by atoms with Crippen LogP contribution in [0, 0.1) is 0 Å². The zero-order valence-corrected chi connectivity index (χ0v) is 7.66. The van der Waals surface area contributed by atoms with E-state index in [-0.39, 0.29) is 5.78 Å². The Hall–Kier alpha value is -1.19. The van der Waals surface area contributed by atoms with Crippen LogP contribution in [0.25, 0.3) is 0 Å². The molecule has 0 bridgehead atoms. The van der Waals surface area contributed by atoms with Crippen molar-refractivity contribution in [2.24, 2.45) is 0 Å². The molecule has 0 aromatic heterocycles. The van der Waals surface area contributed by atoms with Crippen LogP contribution >= 0.6 is 0 Å². The molecule has 3 rings (SSSR count). The molecule has 3 heteroatoms. The van der Waals surface area contributed by atoms with Crippen molar-refractivity contribution in [2.45, 2.75) is 12.2 Å². The van der Waals surface area contributed by atoms with Gasteiger partial charge in [0.05, 0.1) is 13.2 Å². The summed E-state index contributed by atoms with van der Waals surface area (Å²) in [7, 11) is 0. The van der Waals surface area contributed by atoms with E-state index in [2.05, 4.69) is 0 Å². The number of carbonyl (C=O) groups is 1. The average molecular weight is 190 g/mol. The average Bonchev–Trinajstić information content (AvgIpc) is 2.77. The minimum atomic E-state index is -1.06. The molecule has 0 radical (unpaired) electrons. The highest BCUT2D eigenvalue weighted by Crippen LogP contribution is 2.40. The van der Waals surface area contributed by atoms with E-state index in [1.165, 1.54) is 0 Å². The van der Waals surface area contributed by atoms with E-state index < -0.39 is 5.79 Å². The predicted molar refractivity (Wildman–Crippen MR) is 48.7 cm³/mol. The fraction of sp³-hybridized carbons (Fsp3) is 0.364. The van der Waals surface area contributed by atoms with Crippen LogP contribution in [0.3, 0.4) is 0 Å². The summed E-state index contributed by atoms with van der Waals surface area (Å²) in [6, 6.07) is 7.70. The Labute approximate surface area is 81.6 Å². The smallest absolute Gasteiger partial charge is 0.257 e. The highest BCUT2D eigenvalue weighted by atomic mass is 16.7. The second kappa shape index (κ2) is 2.65. The first-order valence-corrected chi connectivity index (χ1v) is 4.72. The zero-order valence-electron chi connectivity index (χ0n) is 7.66. The van der Waals surface area contributed by atoms with Gasteiger partial charge in [0.2, 0.25) is 5.78 Å². The lowest BCUT2D eigenvalue weighted by molar-refractivity contribution is -0.180. The van der Waals surface area contributed by atoms with E-state index in [1.807, 2.05) is 24.3 Å². The lowest BCUT2D eigenvalue weighted by atomic mass is 10.1. The van der Waals surface area contributed by atoms with Gasteiger partial charge in [0.1, 0.15) is 0 Å². The maximum atomic E-state index is 11.8. The molecule has 1 saturated heterocycles. The zero-order chi connectivity index (χ0) is 9.60. The van der Waals surface area contributed by atoms with Gasteiger partial charge in [0.15, 0.2) is 0 Å². The van der Waals surface area contributed by atoms with Crippen molar-refractivity contribution in [3.8, 4) is 0 Å². The molecule has 0 unspecified atom stereocenters. The van der Waals surface area contributed by atoms with Gasteiger partial charge in [-0.15, -0.1) is 0 Å². The summed E-state index contributed by atoms with van der Waals surface area (Å²) in [5.41, 5.74) is 1.92. The molecule has 1 spiro atoms. The number of fused-ring (bicyclic) bond motifs is 2. The monoisotopic (exact) mass is 190 g/mol. The molecule has 0 atom stereocenters. The molecule has 0 N–H and O–H groups in total. The lowest BCUT2D eigenvalue weighted by Crippen LogP contribution is -2.32. The van der Waals surface area contributed by atoms with Gasteiger partial charge in [-0.2, -0.15) is 0 Å². The Bertz CT molecular complexity index is 391. The summed E-state index contributed by atoms with van der Waals surface area (Å²) >= 11 is 0. The van der Waals surface area contributed by atoms with Crippen LogP contribution in [0.5, 0.6) is 0 Å². The predicted octanol–water partition coefficient (Wildman–Crippen LogP) is 1.01. The van der Waals surface area contributed by atoms with Gasteiger partial charge in [-0.05, 0) is 5.56 Å². The summed E-state index contributed by atoms with van der Waals surface area (Å²) in [5, 5.41) is 0. The Kier molecular flexibility index (Phi) is 1.54. The van der Waals surface area contributed by atoms with Gasteiger partial charge < -0.3 is 9.47 Å². The summed E-state index contributed by atoms with van der Waals surface area (Å²) in [5.74, 6) is -1.03. The molecule has 1 aromatic rings. The molecule has 1 aliphatic heterocycles. The van der Waals surface area contributed by atoms with Gasteiger partial charge in [0.25, 0.3) is 5.79 Å². The van der Waals surface area contributed by atoms with Crippen molar-refractivity contribution < 1.29 is 14.3 Å². The molecule has 3 nitrogen and oxygen atoms in total. The molecular weight excluding hydrogens is 180 g/mol. The van der Waals surface area contributed by atoms with E-state index >= 15 is 0 Å². The van der Waals surface area contributed by atoms with Gasteiger partial charge in [-0.25, -0.2) is 0 Å². The third kappa shape index (κ3) is 0.859. The molecule has 72 valence electrons. The summed E-state index contributed by atoms with van der Waals surface area (Å²) in [6.45, 7) is 1.00. The minimum Gasteiger partial charge on any atom is -0.338 e. The topological polar surface area (TPSA) is 35.5 Å². The normalized spacial score (nSPS) is 23.0. The molecule has 1 heterocycles. The summed E-state index contributed by atoms with van der Waals surface area (Å²) in [4.78, 5) is 11.8. The Morgan fingerprint density at radius 1 is 1.14 bits per heavy atom. The van der Waals surface area contributed by atoms with Crippen LogP contribution in [-0.2, 0) is 26.5 Å². The maximum Gasteiger partial charge on any atom is 0.257 e.